The Labute approximate surface area is 117 Å². The molecule has 4 N–H and O–H groups in total. The molecule has 0 atom stereocenters. The normalized spacial score (nSPS) is 9.75. The number of nitrogens with one attached hydrogen (secondary N) is 2. The van der Waals surface area contributed by atoms with E-state index in [4.69, 9.17) is 15.2 Å². The van der Waals surface area contributed by atoms with Crippen molar-refractivity contribution in [3.63, 3.8) is 0 Å². The molecule has 0 aromatic heterocycles. The maximum absolute atomic E-state index is 12.0. The first-order chi connectivity index (χ1) is 9.53. The van der Waals surface area contributed by atoms with Crippen molar-refractivity contribution in [2.75, 3.05) is 33.5 Å². The molecule has 7 nitrogen and oxygen atoms in total. The Balaban J connectivity index is 2.84. The summed E-state index contributed by atoms with van der Waals surface area (Å²) in [7, 11) is 4.48. The second-order valence-corrected chi connectivity index (χ2v) is 3.97. The maximum Gasteiger partial charge on any atom is 0.253 e. The van der Waals surface area contributed by atoms with E-state index in [9.17, 15) is 9.59 Å². The summed E-state index contributed by atoms with van der Waals surface area (Å²) < 4.78 is 10.2. The topological polar surface area (TPSA) is 103 Å². The molecule has 0 unspecified atom stereocenters. The third-order valence-corrected chi connectivity index (χ3v) is 2.73. The summed E-state index contributed by atoms with van der Waals surface area (Å²) in [5.74, 6) is 0.290. The third kappa shape index (κ3) is 3.78. The van der Waals surface area contributed by atoms with Gasteiger partial charge in [0.1, 0.15) is 11.5 Å². The number of methoxy groups -OCH3 is 2. The zero-order chi connectivity index (χ0) is 15.1. The number of carbonyl (C=O) groups excluding carboxylic acids is 2. The number of rotatable bonds is 6. The van der Waals surface area contributed by atoms with Crippen LogP contribution in [0, 0.1) is 0 Å². The second-order valence-electron chi connectivity index (χ2n) is 3.97. The van der Waals surface area contributed by atoms with E-state index in [-0.39, 0.29) is 36.0 Å². The molecule has 1 aromatic carbocycles. The minimum absolute atomic E-state index is 0.151. The van der Waals surface area contributed by atoms with Gasteiger partial charge in [0.25, 0.3) is 5.91 Å². The van der Waals surface area contributed by atoms with Gasteiger partial charge in [-0.2, -0.15) is 0 Å². The number of anilines is 1. The highest BCUT2D eigenvalue weighted by Gasteiger charge is 2.15. The fraction of sp³-hybridized carbons (Fsp3) is 0.385. The molecular formula is C13H19N3O4. The van der Waals surface area contributed by atoms with Gasteiger partial charge in [-0.3, -0.25) is 9.59 Å². The molecule has 0 aliphatic rings. The van der Waals surface area contributed by atoms with Crippen LogP contribution < -0.4 is 25.8 Å². The van der Waals surface area contributed by atoms with Crippen LogP contribution in [0.15, 0.2) is 12.1 Å². The van der Waals surface area contributed by atoms with Gasteiger partial charge in [0, 0.05) is 26.1 Å². The van der Waals surface area contributed by atoms with E-state index >= 15 is 0 Å². The Bertz CT molecular complexity index is 503. The molecule has 0 saturated carbocycles. The molecule has 1 rings (SSSR count). The van der Waals surface area contributed by atoms with Crippen molar-refractivity contribution in [2.24, 2.45) is 0 Å². The molecule has 0 fully saturated rings. The molecule has 20 heavy (non-hydrogen) atoms. The van der Waals surface area contributed by atoms with Gasteiger partial charge < -0.3 is 25.8 Å². The lowest BCUT2D eigenvalue weighted by Gasteiger charge is -2.12. The second kappa shape index (κ2) is 7.22. The molecule has 110 valence electrons. The number of hydrogen-bond acceptors (Lipinski definition) is 5. The first-order valence-corrected chi connectivity index (χ1v) is 6.03. The van der Waals surface area contributed by atoms with Crippen LogP contribution in [0.1, 0.15) is 16.8 Å². The lowest BCUT2D eigenvalue weighted by Crippen LogP contribution is -2.29. The van der Waals surface area contributed by atoms with Crippen molar-refractivity contribution in [1.29, 1.82) is 0 Å². The lowest BCUT2D eigenvalue weighted by molar-refractivity contribution is -0.120. The summed E-state index contributed by atoms with van der Waals surface area (Å²) in [6.45, 7) is 0.220. The van der Waals surface area contributed by atoms with Gasteiger partial charge in [-0.15, -0.1) is 0 Å². The van der Waals surface area contributed by atoms with Crippen molar-refractivity contribution < 1.29 is 19.1 Å². The van der Waals surface area contributed by atoms with E-state index in [1.54, 1.807) is 6.07 Å². The van der Waals surface area contributed by atoms with Crippen molar-refractivity contribution in [3.05, 3.63) is 17.7 Å². The molecule has 1 aromatic rings. The lowest BCUT2D eigenvalue weighted by atomic mass is 10.1. The van der Waals surface area contributed by atoms with Crippen molar-refractivity contribution in [2.45, 2.75) is 6.42 Å². The minimum Gasteiger partial charge on any atom is -0.497 e. The first kappa shape index (κ1) is 15.6. The van der Waals surface area contributed by atoms with Crippen LogP contribution in [0.25, 0.3) is 0 Å². The fourth-order valence-corrected chi connectivity index (χ4v) is 1.59. The Morgan fingerprint density at radius 3 is 2.50 bits per heavy atom. The van der Waals surface area contributed by atoms with Crippen LogP contribution in [-0.2, 0) is 4.79 Å². The average molecular weight is 281 g/mol. The van der Waals surface area contributed by atoms with Crippen LogP contribution in [0.5, 0.6) is 11.5 Å². The van der Waals surface area contributed by atoms with E-state index in [0.29, 0.717) is 11.5 Å². The van der Waals surface area contributed by atoms with E-state index in [2.05, 4.69) is 10.6 Å². The molecule has 0 saturated heterocycles. The average Bonchev–Trinajstić information content (AvgIpc) is 2.47. The Morgan fingerprint density at radius 1 is 1.25 bits per heavy atom. The standard InChI is InChI=1S/C13H19N3O4/c1-15-11(17)4-5-16-13(18)9-6-8(19-2)7-10(20-3)12(9)14/h6-7H,4-5,14H2,1-3H3,(H,15,17)(H,16,18). The zero-order valence-electron chi connectivity index (χ0n) is 11.8. The molecule has 7 heteroatoms. The van der Waals surface area contributed by atoms with Crippen LogP contribution in [0.3, 0.4) is 0 Å². The summed E-state index contributed by atoms with van der Waals surface area (Å²) in [6.07, 6.45) is 0.198. The fourth-order valence-electron chi connectivity index (χ4n) is 1.59. The van der Waals surface area contributed by atoms with Crippen LogP contribution in [0.4, 0.5) is 5.69 Å². The summed E-state index contributed by atoms with van der Waals surface area (Å²) in [4.78, 5) is 23.1. The van der Waals surface area contributed by atoms with Crippen LogP contribution in [-0.4, -0.2) is 39.6 Å². The van der Waals surface area contributed by atoms with Crippen molar-refractivity contribution in [3.8, 4) is 11.5 Å². The van der Waals surface area contributed by atoms with Gasteiger partial charge in [0.15, 0.2) is 0 Å². The van der Waals surface area contributed by atoms with E-state index in [1.807, 2.05) is 0 Å². The van der Waals surface area contributed by atoms with Crippen molar-refractivity contribution in [1.82, 2.24) is 10.6 Å². The van der Waals surface area contributed by atoms with E-state index < -0.39 is 0 Å². The van der Waals surface area contributed by atoms with E-state index in [0.717, 1.165) is 0 Å². The van der Waals surface area contributed by atoms with Crippen LogP contribution in [0.2, 0.25) is 0 Å². The Morgan fingerprint density at radius 2 is 1.95 bits per heavy atom. The summed E-state index contributed by atoms with van der Waals surface area (Å²) >= 11 is 0. The molecule has 0 bridgehead atoms. The molecule has 0 heterocycles. The summed E-state index contributed by atoms with van der Waals surface area (Å²) in [5, 5.41) is 5.09. The SMILES string of the molecule is CNC(=O)CCNC(=O)c1cc(OC)cc(OC)c1N. The highest BCUT2D eigenvalue weighted by molar-refractivity contribution is 6.01. The largest absolute Gasteiger partial charge is 0.497 e. The van der Waals surface area contributed by atoms with Gasteiger partial charge >= 0.3 is 0 Å². The smallest absolute Gasteiger partial charge is 0.253 e. The quantitative estimate of drug-likeness (QED) is 0.644. The minimum atomic E-state index is -0.386. The zero-order valence-corrected chi connectivity index (χ0v) is 11.8. The Hall–Kier alpha value is -2.44. The predicted molar refractivity (Wildman–Crippen MR) is 75.0 cm³/mol. The number of nitrogens with two attached hydrogens (primary N) is 1. The van der Waals surface area contributed by atoms with Gasteiger partial charge in [0.05, 0.1) is 25.5 Å². The molecule has 0 spiro atoms. The molecular weight excluding hydrogens is 262 g/mol. The number of benzene rings is 1. The van der Waals surface area contributed by atoms with Crippen molar-refractivity contribution >= 4 is 17.5 Å². The molecule has 0 aliphatic carbocycles. The van der Waals surface area contributed by atoms with Gasteiger partial charge in [0.2, 0.25) is 5.91 Å². The number of carbonyl (C=O) groups is 2. The van der Waals surface area contributed by atoms with Crippen LogP contribution >= 0.6 is 0 Å². The highest BCUT2D eigenvalue weighted by Crippen LogP contribution is 2.30. The summed E-state index contributed by atoms with van der Waals surface area (Å²) in [5.41, 5.74) is 6.33. The maximum atomic E-state index is 12.0. The summed E-state index contributed by atoms with van der Waals surface area (Å²) in [6, 6.07) is 3.11. The van der Waals surface area contributed by atoms with E-state index in [1.165, 1.54) is 27.3 Å². The first-order valence-electron chi connectivity index (χ1n) is 6.03. The molecule has 2 amide bonds. The number of ether oxygens (including phenoxy) is 2. The number of amides is 2. The number of nitrogen functional groups attached to an aromatic ring is 1. The molecule has 0 radical (unpaired) electrons. The third-order valence-electron chi connectivity index (χ3n) is 2.73. The van der Waals surface area contributed by atoms with Gasteiger partial charge in [-0.25, -0.2) is 0 Å². The predicted octanol–water partition coefficient (Wildman–Crippen LogP) is 0.152. The monoisotopic (exact) mass is 281 g/mol. The van der Waals surface area contributed by atoms with Gasteiger partial charge in [-0.1, -0.05) is 0 Å². The molecule has 0 aliphatic heterocycles. The Kier molecular flexibility index (Phi) is 5.64. The van der Waals surface area contributed by atoms with Gasteiger partial charge in [-0.05, 0) is 6.07 Å². The highest BCUT2D eigenvalue weighted by atomic mass is 16.5. The number of hydrogen-bond donors (Lipinski definition) is 3.